The van der Waals surface area contributed by atoms with Gasteiger partial charge in [0.2, 0.25) is 0 Å². The third-order valence-corrected chi connectivity index (χ3v) is 5.61. The Morgan fingerprint density at radius 3 is 2.27 bits per heavy atom. The molecule has 0 aliphatic rings. The predicted octanol–water partition coefficient (Wildman–Crippen LogP) is 5.57. The Hall–Kier alpha value is -1.85. The summed E-state index contributed by atoms with van der Waals surface area (Å²) in [7, 11) is 1.85. The minimum Gasteiger partial charge on any atom is -0.481 e. The van der Waals surface area contributed by atoms with Gasteiger partial charge in [0.15, 0.2) is 0 Å². The molecule has 0 aliphatic carbocycles. The van der Waals surface area contributed by atoms with Crippen molar-refractivity contribution in [1.82, 2.24) is 4.90 Å². The molecule has 0 saturated heterocycles. The van der Waals surface area contributed by atoms with E-state index in [1.54, 1.807) is 12.1 Å². The van der Waals surface area contributed by atoms with E-state index in [9.17, 15) is 9.18 Å². The normalized spacial score (nSPS) is 12.6. The molecule has 140 valence electrons. The Labute approximate surface area is 159 Å². The van der Waals surface area contributed by atoms with Gasteiger partial charge in [-0.1, -0.05) is 43.8 Å². The van der Waals surface area contributed by atoms with Gasteiger partial charge < -0.3 is 5.11 Å². The molecule has 0 amide bonds. The van der Waals surface area contributed by atoms with E-state index in [2.05, 4.69) is 26.0 Å². The van der Waals surface area contributed by atoms with Crippen LogP contribution in [0.5, 0.6) is 0 Å². The van der Waals surface area contributed by atoms with Crippen molar-refractivity contribution in [1.29, 1.82) is 0 Å². The zero-order valence-electron chi connectivity index (χ0n) is 15.7. The van der Waals surface area contributed by atoms with Crippen molar-refractivity contribution in [2.45, 2.75) is 48.9 Å². The highest BCUT2D eigenvalue weighted by atomic mass is 32.2. The zero-order valence-corrected chi connectivity index (χ0v) is 16.5. The number of halogens is 1. The van der Waals surface area contributed by atoms with Gasteiger partial charge in [-0.2, -0.15) is 0 Å². The summed E-state index contributed by atoms with van der Waals surface area (Å²) in [4.78, 5) is 14.2. The molecule has 0 aromatic heterocycles. The minimum absolute atomic E-state index is 0.0479. The van der Waals surface area contributed by atoms with Gasteiger partial charge in [-0.15, -0.1) is 0 Å². The number of hydrogen-bond donors (Lipinski definition) is 1. The monoisotopic (exact) mass is 375 g/mol. The Bertz CT molecular complexity index is 746. The molecule has 0 saturated carbocycles. The molecule has 1 atom stereocenters. The summed E-state index contributed by atoms with van der Waals surface area (Å²) in [5.41, 5.74) is 2.11. The molecule has 5 heteroatoms. The maximum absolute atomic E-state index is 14.5. The second-order valence-electron chi connectivity index (χ2n) is 6.82. The first-order valence-corrected chi connectivity index (χ1v) is 9.59. The summed E-state index contributed by atoms with van der Waals surface area (Å²) in [5.74, 6) is -0.603. The average Bonchev–Trinajstić information content (AvgIpc) is 2.61. The quantitative estimate of drug-likeness (QED) is 0.655. The summed E-state index contributed by atoms with van der Waals surface area (Å²) in [5, 5.41) is 8.79. The van der Waals surface area contributed by atoms with Gasteiger partial charge in [-0.25, -0.2) is 4.39 Å². The van der Waals surface area contributed by atoms with Crippen LogP contribution >= 0.6 is 11.8 Å². The van der Waals surface area contributed by atoms with Crippen LogP contribution in [-0.4, -0.2) is 29.6 Å². The SMILES string of the molecule is CC(C)c1ccc(Sc2ccc(C(C)N(C)CCC(=O)O)cc2F)cc1. The van der Waals surface area contributed by atoms with Crippen LogP contribution in [0.15, 0.2) is 52.3 Å². The molecular weight excluding hydrogens is 349 g/mol. The maximum atomic E-state index is 14.5. The highest BCUT2D eigenvalue weighted by molar-refractivity contribution is 7.99. The number of rotatable bonds is 8. The molecule has 0 heterocycles. The van der Waals surface area contributed by atoms with Crippen molar-refractivity contribution >= 4 is 17.7 Å². The van der Waals surface area contributed by atoms with E-state index in [1.807, 2.05) is 37.1 Å². The predicted molar refractivity (Wildman–Crippen MR) is 104 cm³/mol. The summed E-state index contributed by atoms with van der Waals surface area (Å²) in [6.45, 7) is 6.68. The fourth-order valence-corrected chi connectivity index (χ4v) is 3.45. The molecule has 3 nitrogen and oxygen atoms in total. The molecule has 0 aliphatic heterocycles. The number of carbonyl (C=O) groups is 1. The van der Waals surface area contributed by atoms with Gasteiger partial charge in [-0.3, -0.25) is 9.69 Å². The van der Waals surface area contributed by atoms with E-state index in [1.165, 1.54) is 17.3 Å². The van der Waals surface area contributed by atoms with Gasteiger partial charge in [0.05, 0.1) is 6.42 Å². The summed E-state index contributed by atoms with van der Waals surface area (Å²) < 4.78 is 14.5. The van der Waals surface area contributed by atoms with Crippen LogP contribution in [0, 0.1) is 5.82 Å². The van der Waals surface area contributed by atoms with E-state index in [4.69, 9.17) is 5.11 Å². The lowest BCUT2D eigenvalue weighted by atomic mass is 10.0. The lowest BCUT2D eigenvalue weighted by Gasteiger charge is -2.24. The fourth-order valence-electron chi connectivity index (χ4n) is 2.63. The fraction of sp³-hybridized carbons (Fsp3) is 0.381. The van der Waals surface area contributed by atoms with E-state index in [-0.39, 0.29) is 18.3 Å². The number of carboxylic acids is 1. The lowest BCUT2D eigenvalue weighted by Crippen LogP contribution is -2.25. The van der Waals surface area contributed by atoms with Crippen LogP contribution < -0.4 is 0 Å². The number of aliphatic carboxylic acids is 1. The highest BCUT2D eigenvalue weighted by Gasteiger charge is 2.15. The van der Waals surface area contributed by atoms with Gasteiger partial charge in [0, 0.05) is 22.4 Å². The van der Waals surface area contributed by atoms with Crippen molar-refractivity contribution in [2.75, 3.05) is 13.6 Å². The van der Waals surface area contributed by atoms with Crippen LogP contribution in [0.3, 0.4) is 0 Å². The highest BCUT2D eigenvalue weighted by Crippen LogP contribution is 2.32. The Balaban J connectivity index is 2.07. The number of nitrogens with zero attached hydrogens (tertiary/aromatic N) is 1. The van der Waals surface area contributed by atoms with Crippen molar-refractivity contribution < 1.29 is 14.3 Å². The van der Waals surface area contributed by atoms with E-state index in [0.29, 0.717) is 17.4 Å². The van der Waals surface area contributed by atoms with Crippen LogP contribution in [0.4, 0.5) is 4.39 Å². The van der Waals surface area contributed by atoms with Crippen LogP contribution in [0.1, 0.15) is 50.3 Å². The van der Waals surface area contributed by atoms with Gasteiger partial charge in [-0.05, 0) is 55.3 Å². The molecule has 2 aromatic carbocycles. The Morgan fingerprint density at radius 1 is 1.12 bits per heavy atom. The third kappa shape index (κ3) is 5.58. The Kier molecular flexibility index (Phi) is 7.23. The zero-order chi connectivity index (χ0) is 19.3. The third-order valence-electron chi connectivity index (χ3n) is 4.55. The molecule has 1 N–H and O–H groups in total. The Morgan fingerprint density at radius 2 is 1.73 bits per heavy atom. The van der Waals surface area contributed by atoms with Crippen molar-refractivity contribution in [3.05, 3.63) is 59.4 Å². The van der Waals surface area contributed by atoms with E-state index >= 15 is 0 Å². The molecule has 0 fully saturated rings. The van der Waals surface area contributed by atoms with Crippen LogP contribution in [0.2, 0.25) is 0 Å². The minimum atomic E-state index is -0.828. The first-order chi connectivity index (χ1) is 12.3. The molecule has 0 bridgehead atoms. The van der Waals surface area contributed by atoms with Gasteiger partial charge in [0.25, 0.3) is 0 Å². The average molecular weight is 376 g/mol. The molecule has 2 rings (SSSR count). The topological polar surface area (TPSA) is 40.5 Å². The van der Waals surface area contributed by atoms with Gasteiger partial charge in [0.1, 0.15) is 5.82 Å². The number of carboxylic acid groups (broad SMARTS) is 1. The van der Waals surface area contributed by atoms with E-state index in [0.717, 1.165) is 10.5 Å². The number of hydrogen-bond acceptors (Lipinski definition) is 3. The molecule has 26 heavy (non-hydrogen) atoms. The van der Waals surface area contributed by atoms with Crippen molar-refractivity contribution in [3.8, 4) is 0 Å². The molecule has 2 aromatic rings. The molecule has 0 spiro atoms. The van der Waals surface area contributed by atoms with Crippen LogP contribution in [-0.2, 0) is 4.79 Å². The summed E-state index contributed by atoms with van der Waals surface area (Å²) >= 11 is 1.41. The molecule has 1 unspecified atom stereocenters. The van der Waals surface area contributed by atoms with Crippen LogP contribution in [0.25, 0.3) is 0 Å². The standard InChI is InChI=1S/C21H26FNO2S/c1-14(2)16-5-8-18(9-6-16)26-20-10-7-17(13-19(20)22)15(3)23(4)12-11-21(24)25/h5-10,13-15H,11-12H2,1-4H3,(H,24,25). The van der Waals surface area contributed by atoms with Gasteiger partial charge >= 0.3 is 5.97 Å². The largest absolute Gasteiger partial charge is 0.481 e. The van der Waals surface area contributed by atoms with Crippen molar-refractivity contribution in [3.63, 3.8) is 0 Å². The molecule has 0 radical (unpaired) electrons. The smallest absolute Gasteiger partial charge is 0.304 e. The van der Waals surface area contributed by atoms with E-state index < -0.39 is 5.97 Å². The lowest BCUT2D eigenvalue weighted by molar-refractivity contribution is -0.137. The number of benzene rings is 2. The second kappa shape index (κ2) is 9.19. The first kappa shape index (κ1) is 20.5. The maximum Gasteiger partial charge on any atom is 0.304 e. The van der Waals surface area contributed by atoms with Crippen molar-refractivity contribution in [2.24, 2.45) is 0 Å². The molecular formula is C21H26FNO2S. The first-order valence-electron chi connectivity index (χ1n) is 8.77. The summed E-state index contributed by atoms with van der Waals surface area (Å²) in [6, 6.07) is 13.4. The summed E-state index contributed by atoms with van der Waals surface area (Å²) in [6.07, 6.45) is 0.0730. The second-order valence-corrected chi connectivity index (χ2v) is 7.93.